The number of nitrogens with zero attached hydrogens (tertiary/aromatic N) is 3. The van der Waals surface area contributed by atoms with Gasteiger partial charge >= 0.3 is 0 Å². The van der Waals surface area contributed by atoms with Gasteiger partial charge < -0.3 is 4.42 Å². The van der Waals surface area contributed by atoms with E-state index in [-0.39, 0.29) is 0 Å². The molecule has 0 radical (unpaired) electrons. The maximum Gasteiger partial charge on any atom is 0.165 e. The smallest absolute Gasteiger partial charge is 0.165 e. The van der Waals surface area contributed by atoms with Gasteiger partial charge in [0.1, 0.15) is 11.2 Å². The molecule has 210 valence electrons. The fourth-order valence-electron chi connectivity index (χ4n) is 6.48. The molecule has 0 N–H and O–H groups in total. The molecule has 4 nitrogen and oxygen atoms in total. The molecule has 0 aliphatic carbocycles. The van der Waals surface area contributed by atoms with E-state index in [0.29, 0.717) is 17.5 Å². The molecule has 2 aromatic heterocycles. The second-order valence-corrected chi connectivity index (χ2v) is 11.2. The highest BCUT2D eigenvalue weighted by Gasteiger charge is 2.20. The summed E-state index contributed by atoms with van der Waals surface area (Å²) in [5.41, 5.74) is 6.85. The Morgan fingerprint density at radius 2 is 0.778 bits per heavy atom. The second kappa shape index (κ2) is 10.2. The minimum Gasteiger partial charge on any atom is -0.456 e. The van der Waals surface area contributed by atoms with Crippen LogP contribution in [0, 0.1) is 0 Å². The quantitative estimate of drug-likeness (QED) is 0.196. The Balaban J connectivity index is 1.35. The molecule has 0 unspecified atom stereocenters. The lowest BCUT2D eigenvalue weighted by Gasteiger charge is -2.17. The Bertz CT molecular complexity index is 2480. The van der Waals surface area contributed by atoms with Crippen LogP contribution in [0.25, 0.3) is 88.8 Å². The third kappa shape index (κ3) is 4.19. The summed E-state index contributed by atoms with van der Waals surface area (Å²) in [5.74, 6) is 1.86. The van der Waals surface area contributed by atoms with Gasteiger partial charge in [0.2, 0.25) is 0 Å². The molecule has 2 heterocycles. The first-order valence-electron chi connectivity index (χ1n) is 15.0. The van der Waals surface area contributed by atoms with Crippen LogP contribution in [0.4, 0.5) is 0 Å². The fraction of sp³-hybridized carbons (Fsp3) is 0. The second-order valence-electron chi connectivity index (χ2n) is 11.2. The van der Waals surface area contributed by atoms with Crippen molar-refractivity contribution in [3.8, 4) is 45.3 Å². The monoisotopic (exact) mass is 575 g/mol. The van der Waals surface area contributed by atoms with Crippen LogP contribution in [0.2, 0.25) is 0 Å². The molecule has 9 rings (SSSR count). The van der Waals surface area contributed by atoms with Crippen LogP contribution in [0.15, 0.2) is 156 Å². The molecule has 0 aliphatic heterocycles. The zero-order valence-corrected chi connectivity index (χ0v) is 24.2. The van der Waals surface area contributed by atoms with Crippen molar-refractivity contribution in [1.29, 1.82) is 0 Å². The number of rotatable bonds is 4. The van der Waals surface area contributed by atoms with Crippen LogP contribution in [-0.4, -0.2) is 15.0 Å². The third-order valence-corrected chi connectivity index (χ3v) is 8.52. The van der Waals surface area contributed by atoms with Gasteiger partial charge in [-0.05, 0) is 50.9 Å². The van der Waals surface area contributed by atoms with Crippen molar-refractivity contribution in [3.05, 3.63) is 152 Å². The first-order chi connectivity index (χ1) is 22.3. The lowest BCUT2D eigenvalue weighted by Crippen LogP contribution is -2.01. The normalized spacial score (nSPS) is 11.6. The largest absolute Gasteiger partial charge is 0.456 e. The first-order valence-corrected chi connectivity index (χ1v) is 15.0. The summed E-state index contributed by atoms with van der Waals surface area (Å²) >= 11 is 0. The van der Waals surface area contributed by atoms with Gasteiger partial charge in [0.05, 0.1) is 0 Å². The molecule has 0 bridgehead atoms. The molecule has 0 amide bonds. The molecule has 0 spiro atoms. The maximum absolute atomic E-state index is 6.24. The number of benzene rings is 7. The van der Waals surface area contributed by atoms with E-state index in [2.05, 4.69) is 97.1 Å². The van der Waals surface area contributed by atoms with E-state index in [1.165, 1.54) is 11.1 Å². The summed E-state index contributed by atoms with van der Waals surface area (Å²) in [7, 11) is 0. The summed E-state index contributed by atoms with van der Waals surface area (Å²) in [6.07, 6.45) is 0. The lowest BCUT2D eigenvalue weighted by atomic mass is 9.88. The van der Waals surface area contributed by atoms with Crippen molar-refractivity contribution in [1.82, 2.24) is 15.0 Å². The molecule has 9 aromatic rings. The molecule has 45 heavy (non-hydrogen) atoms. The number of furan rings is 1. The Labute approximate surface area is 259 Å². The molecule has 0 saturated heterocycles. The van der Waals surface area contributed by atoms with E-state index >= 15 is 0 Å². The number of hydrogen-bond donors (Lipinski definition) is 0. The van der Waals surface area contributed by atoms with Gasteiger partial charge in [-0.2, -0.15) is 0 Å². The Hall–Kier alpha value is -6.13. The molecule has 0 fully saturated rings. The molecule has 7 aromatic carbocycles. The van der Waals surface area contributed by atoms with E-state index in [4.69, 9.17) is 19.4 Å². The van der Waals surface area contributed by atoms with Gasteiger partial charge in [0.25, 0.3) is 0 Å². The van der Waals surface area contributed by atoms with E-state index in [1.807, 2.05) is 54.6 Å². The Morgan fingerprint density at radius 3 is 1.42 bits per heavy atom. The summed E-state index contributed by atoms with van der Waals surface area (Å²) < 4.78 is 6.24. The Kier molecular flexibility index (Phi) is 5.78. The van der Waals surface area contributed by atoms with E-state index in [0.717, 1.165) is 60.2 Å². The van der Waals surface area contributed by atoms with Crippen molar-refractivity contribution in [2.75, 3.05) is 0 Å². The zero-order valence-electron chi connectivity index (χ0n) is 24.2. The molecule has 0 atom stereocenters. The Morgan fingerprint density at radius 1 is 0.311 bits per heavy atom. The van der Waals surface area contributed by atoms with Crippen molar-refractivity contribution in [2.24, 2.45) is 0 Å². The highest BCUT2D eigenvalue weighted by Crippen LogP contribution is 2.43. The summed E-state index contributed by atoms with van der Waals surface area (Å²) in [4.78, 5) is 15.4. The lowest BCUT2D eigenvalue weighted by molar-refractivity contribution is 0.669. The highest BCUT2D eigenvalue weighted by atomic mass is 16.3. The van der Waals surface area contributed by atoms with Crippen molar-refractivity contribution >= 4 is 43.5 Å². The van der Waals surface area contributed by atoms with Gasteiger partial charge in [-0.3, -0.25) is 0 Å². The van der Waals surface area contributed by atoms with Gasteiger partial charge in [-0.15, -0.1) is 0 Å². The van der Waals surface area contributed by atoms with Crippen LogP contribution < -0.4 is 0 Å². The van der Waals surface area contributed by atoms with Gasteiger partial charge in [-0.25, -0.2) is 15.0 Å². The number of para-hydroxylation sites is 1. The predicted octanol–water partition coefficient (Wildman–Crippen LogP) is 10.7. The summed E-state index contributed by atoms with van der Waals surface area (Å²) in [5, 5.41) is 6.67. The number of fused-ring (bicyclic) bond motifs is 5. The topological polar surface area (TPSA) is 51.8 Å². The zero-order chi connectivity index (χ0) is 29.7. The van der Waals surface area contributed by atoms with Crippen LogP contribution in [-0.2, 0) is 0 Å². The SMILES string of the molecule is c1ccc(-c2nc(-c3ccc4c(c3)oc3ccccc34)nc(-c3c4ccccc4c(-c4ccccc4)c4ccccc34)n2)cc1. The standard InChI is InChI=1S/C41H25N3O/c1-3-13-26(14-4-1)37-31-18-7-9-20-33(31)38(34-21-10-8-19-32(34)37)41-43-39(27-15-5-2-6-16-27)42-40(44-41)28-23-24-30-29-17-11-12-22-35(29)45-36(30)25-28/h1-25H. The minimum atomic E-state index is 0.599. The first kappa shape index (κ1) is 25.4. The van der Waals surface area contributed by atoms with Crippen LogP contribution in [0.3, 0.4) is 0 Å². The predicted molar refractivity (Wildman–Crippen MR) is 184 cm³/mol. The van der Waals surface area contributed by atoms with E-state index < -0.39 is 0 Å². The van der Waals surface area contributed by atoms with Crippen LogP contribution in [0.5, 0.6) is 0 Å². The molecular formula is C41H25N3O. The molecule has 4 heteroatoms. The van der Waals surface area contributed by atoms with Crippen molar-refractivity contribution < 1.29 is 4.42 Å². The number of hydrogen-bond acceptors (Lipinski definition) is 4. The average molecular weight is 576 g/mol. The highest BCUT2D eigenvalue weighted by molar-refractivity contribution is 6.20. The summed E-state index contributed by atoms with van der Waals surface area (Å²) in [6, 6.07) is 52.2. The van der Waals surface area contributed by atoms with Crippen LogP contribution >= 0.6 is 0 Å². The van der Waals surface area contributed by atoms with Crippen molar-refractivity contribution in [3.63, 3.8) is 0 Å². The molecule has 0 saturated carbocycles. The maximum atomic E-state index is 6.24. The van der Waals surface area contributed by atoms with Gasteiger partial charge in [0.15, 0.2) is 17.5 Å². The molecule has 0 aliphatic rings. The minimum absolute atomic E-state index is 0.599. The van der Waals surface area contributed by atoms with Gasteiger partial charge in [0, 0.05) is 27.5 Å². The fourth-order valence-corrected chi connectivity index (χ4v) is 6.48. The van der Waals surface area contributed by atoms with Gasteiger partial charge in [-0.1, -0.05) is 133 Å². The molecular weight excluding hydrogens is 550 g/mol. The van der Waals surface area contributed by atoms with E-state index in [9.17, 15) is 0 Å². The number of aromatic nitrogens is 3. The average Bonchev–Trinajstić information content (AvgIpc) is 3.49. The third-order valence-electron chi connectivity index (χ3n) is 8.52. The summed E-state index contributed by atoms with van der Waals surface area (Å²) in [6.45, 7) is 0. The van der Waals surface area contributed by atoms with E-state index in [1.54, 1.807) is 0 Å². The van der Waals surface area contributed by atoms with Crippen molar-refractivity contribution in [2.45, 2.75) is 0 Å². The van der Waals surface area contributed by atoms with Crippen LogP contribution in [0.1, 0.15) is 0 Å².